The highest BCUT2D eigenvalue weighted by Crippen LogP contribution is 2.77. The Labute approximate surface area is 167 Å². The van der Waals surface area contributed by atoms with Gasteiger partial charge in [-0.25, -0.2) is 9.78 Å². The largest absolute Gasteiger partial charge is 0.344 e. The molecule has 2 heterocycles. The molecule has 10 aliphatic rings. The molecular weight excluding hydrogens is 352 g/mol. The first-order valence-electron chi connectivity index (χ1n) is 12.3. The second-order valence-electron chi connectivity index (χ2n) is 12.2. The summed E-state index contributed by atoms with van der Waals surface area (Å²) in [6.07, 6.45) is 12.5. The molecular formula is C24H34O4. The van der Waals surface area contributed by atoms with Gasteiger partial charge in [-0.3, -0.25) is 0 Å². The minimum Gasteiger partial charge on any atom is -0.344 e. The van der Waals surface area contributed by atoms with Crippen molar-refractivity contribution in [1.82, 2.24) is 0 Å². The Morgan fingerprint density at radius 1 is 0.536 bits per heavy atom. The fraction of sp³-hybridized carbons (Fsp3) is 1.00. The van der Waals surface area contributed by atoms with Crippen molar-refractivity contribution in [2.24, 2.45) is 47.3 Å². The van der Waals surface area contributed by atoms with E-state index in [-0.39, 0.29) is 23.4 Å². The molecule has 8 atom stereocenters. The zero-order valence-electron chi connectivity index (χ0n) is 17.3. The molecule has 0 aromatic carbocycles. The van der Waals surface area contributed by atoms with Crippen molar-refractivity contribution in [2.45, 2.75) is 101 Å². The van der Waals surface area contributed by atoms with E-state index in [1.54, 1.807) is 0 Å². The molecule has 2 aliphatic heterocycles. The maximum atomic E-state index is 6.80. The van der Waals surface area contributed by atoms with E-state index in [1.165, 1.54) is 57.8 Å². The Kier molecular flexibility index (Phi) is 2.86. The van der Waals surface area contributed by atoms with Gasteiger partial charge in [0.25, 0.3) is 0 Å². The van der Waals surface area contributed by atoms with Crippen LogP contribution in [-0.2, 0) is 19.2 Å². The van der Waals surface area contributed by atoms with E-state index in [1.807, 2.05) is 0 Å². The normalized spacial score (nSPS) is 70.5. The van der Waals surface area contributed by atoms with Crippen LogP contribution in [0.25, 0.3) is 0 Å². The highest BCUT2D eigenvalue weighted by Gasteiger charge is 2.85. The molecule has 154 valence electrons. The Hall–Kier alpha value is -0.160. The topological polar surface area (TPSA) is 36.9 Å². The van der Waals surface area contributed by atoms with E-state index in [0.29, 0.717) is 29.6 Å². The molecule has 4 nitrogen and oxygen atoms in total. The fourth-order valence-corrected chi connectivity index (χ4v) is 10.6. The molecule has 8 aliphatic carbocycles. The summed E-state index contributed by atoms with van der Waals surface area (Å²) in [6.45, 7) is 4.40. The van der Waals surface area contributed by atoms with Gasteiger partial charge in [-0.05, 0) is 107 Å². The van der Waals surface area contributed by atoms with E-state index in [9.17, 15) is 0 Å². The summed E-state index contributed by atoms with van der Waals surface area (Å²) in [5, 5.41) is 0. The smallest absolute Gasteiger partial charge is 0.177 e. The van der Waals surface area contributed by atoms with Crippen molar-refractivity contribution < 1.29 is 19.2 Å². The maximum Gasteiger partial charge on any atom is 0.177 e. The lowest BCUT2D eigenvalue weighted by molar-refractivity contribution is -0.626. The number of hydrogen-bond donors (Lipinski definition) is 0. The fourth-order valence-electron chi connectivity index (χ4n) is 10.6. The molecule has 8 saturated carbocycles. The molecule has 4 heteroatoms. The molecule has 0 amide bonds. The van der Waals surface area contributed by atoms with Gasteiger partial charge >= 0.3 is 0 Å². The Bertz CT molecular complexity index is 696. The Balaban J connectivity index is 1.28. The molecule has 8 bridgehead atoms. The monoisotopic (exact) mass is 386 g/mol. The molecule has 0 aromatic rings. The lowest BCUT2D eigenvalue weighted by atomic mass is 9.36. The summed E-state index contributed by atoms with van der Waals surface area (Å²) in [4.78, 5) is 12.9. The van der Waals surface area contributed by atoms with Gasteiger partial charge in [0, 0.05) is 11.8 Å². The van der Waals surface area contributed by atoms with Crippen LogP contribution in [0, 0.1) is 47.3 Å². The molecule has 10 rings (SSSR count). The van der Waals surface area contributed by atoms with Gasteiger partial charge in [-0.1, -0.05) is 0 Å². The van der Waals surface area contributed by atoms with Crippen LogP contribution in [-0.4, -0.2) is 29.2 Å². The predicted octanol–water partition coefficient (Wildman–Crippen LogP) is 4.47. The highest BCUT2D eigenvalue weighted by atomic mass is 17.3. The Morgan fingerprint density at radius 2 is 1.04 bits per heavy atom. The van der Waals surface area contributed by atoms with E-state index < -0.39 is 5.79 Å². The number of ether oxygens (including phenoxy) is 2. The third kappa shape index (κ3) is 1.54. The third-order valence-corrected chi connectivity index (χ3v) is 11.2. The van der Waals surface area contributed by atoms with Crippen LogP contribution >= 0.6 is 0 Å². The summed E-state index contributed by atoms with van der Waals surface area (Å²) >= 11 is 0. The molecule has 2 saturated heterocycles. The zero-order valence-corrected chi connectivity index (χ0v) is 17.3. The van der Waals surface area contributed by atoms with Crippen molar-refractivity contribution in [3.8, 4) is 0 Å². The number of hydrogen-bond acceptors (Lipinski definition) is 4. The molecule has 0 aromatic heterocycles. The van der Waals surface area contributed by atoms with Crippen LogP contribution in [0.3, 0.4) is 0 Å². The first kappa shape index (κ1) is 16.5. The SMILES string of the molecule is C[C@@H]1OC2(O[C@@H]1C)C1CC3CC(C1)C1(OOC14C1CC5CC(C1)CC4C5)C2C3. The summed E-state index contributed by atoms with van der Waals surface area (Å²) in [5.41, 5.74) is -0.162. The van der Waals surface area contributed by atoms with Gasteiger partial charge < -0.3 is 9.47 Å². The molecule has 0 radical (unpaired) electrons. The average Bonchev–Trinajstić information content (AvgIpc) is 2.93. The minimum atomic E-state index is -0.405. The van der Waals surface area contributed by atoms with Crippen LogP contribution in [0.4, 0.5) is 0 Å². The lowest BCUT2D eigenvalue weighted by Crippen LogP contribution is -2.87. The van der Waals surface area contributed by atoms with Gasteiger partial charge in [0.1, 0.15) is 11.2 Å². The zero-order chi connectivity index (χ0) is 18.5. The number of rotatable bonds is 0. The van der Waals surface area contributed by atoms with Crippen molar-refractivity contribution in [3.63, 3.8) is 0 Å². The van der Waals surface area contributed by atoms with Gasteiger partial charge in [0.2, 0.25) is 0 Å². The van der Waals surface area contributed by atoms with Gasteiger partial charge in [-0.2, -0.15) is 0 Å². The molecule has 6 unspecified atom stereocenters. The first-order chi connectivity index (χ1) is 13.5. The van der Waals surface area contributed by atoms with Crippen molar-refractivity contribution in [3.05, 3.63) is 0 Å². The molecule has 10 fully saturated rings. The van der Waals surface area contributed by atoms with Crippen LogP contribution < -0.4 is 0 Å². The van der Waals surface area contributed by atoms with E-state index in [0.717, 1.165) is 17.8 Å². The van der Waals surface area contributed by atoms with Crippen LogP contribution in [0.5, 0.6) is 0 Å². The van der Waals surface area contributed by atoms with Gasteiger partial charge in [-0.15, -0.1) is 0 Å². The predicted molar refractivity (Wildman–Crippen MR) is 101 cm³/mol. The van der Waals surface area contributed by atoms with Crippen LogP contribution in [0.2, 0.25) is 0 Å². The van der Waals surface area contributed by atoms with E-state index >= 15 is 0 Å². The van der Waals surface area contributed by atoms with Crippen LogP contribution in [0.1, 0.15) is 71.6 Å². The average molecular weight is 387 g/mol. The van der Waals surface area contributed by atoms with Gasteiger partial charge in [0.15, 0.2) is 5.79 Å². The van der Waals surface area contributed by atoms with E-state index in [2.05, 4.69) is 13.8 Å². The summed E-state index contributed by atoms with van der Waals surface area (Å²) in [6, 6.07) is 0. The second-order valence-corrected chi connectivity index (χ2v) is 12.2. The molecule has 28 heavy (non-hydrogen) atoms. The molecule has 3 spiro atoms. The standard InChI is InChI=1S/C24H34O4/c1-12-13(2)26-24(25-12)20-9-16-8-19(11-20)23(21(24)10-16)22(27-28-23)17-4-14-3-15(6-17)7-18(22)5-14/h12-21H,3-11H2,1-2H3/t12-,13+,14?,15?,16?,17?,18?,19?,20?,21?,22?,23?,24?. The summed E-state index contributed by atoms with van der Waals surface area (Å²) in [7, 11) is 0. The van der Waals surface area contributed by atoms with E-state index in [4.69, 9.17) is 19.2 Å². The Morgan fingerprint density at radius 3 is 1.61 bits per heavy atom. The molecule has 0 N–H and O–H groups in total. The maximum absolute atomic E-state index is 6.80. The first-order valence-corrected chi connectivity index (χ1v) is 12.3. The minimum absolute atomic E-state index is 0.0299. The van der Waals surface area contributed by atoms with Crippen molar-refractivity contribution >= 4 is 0 Å². The lowest BCUT2D eigenvalue weighted by Gasteiger charge is -2.78. The van der Waals surface area contributed by atoms with Gasteiger partial charge in [0.05, 0.1) is 12.2 Å². The highest BCUT2D eigenvalue weighted by molar-refractivity contribution is 5.29. The second kappa shape index (κ2) is 4.84. The quantitative estimate of drug-likeness (QED) is 0.576. The summed E-state index contributed by atoms with van der Waals surface area (Å²) in [5.74, 6) is 5.37. The van der Waals surface area contributed by atoms with Crippen LogP contribution in [0.15, 0.2) is 0 Å². The van der Waals surface area contributed by atoms with Crippen molar-refractivity contribution in [2.75, 3.05) is 0 Å². The summed E-state index contributed by atoms with van der Waals surface area (Å²) < 4.78 is 13.6. The third-order valence-electron chi connectivity index (χ3n) is 11.2. The van der Waals surface area contributed by atoms with Crippen molar-refractivity contribution in [1.29, 1.82) is 0 Å².